The lowest BCUT2D eigenvalue weighted by atomic mass is 9.88. The Morgan fingerprint density at radius 1 is 1.53 bits per heavy atom. The second-order valence-corrected chi connectivity index (χ2v) is 4.85. The molecular formula is C14H21NO2. The molecule has 0 saturated carbocycles. The highest BCUT2D eigenvalue weighted by Gasteiger charge is 2.17. The van der Waals surface area contributed by atoms with Crippen molar-refractivity contribution in [1.82, 2.24) is 0 Å². The van der Waals surface area contributed by atoms with E-state index < -0.39 is 0 Å². The van der Waals surface area contributed by atoms with Crippen molar-refractivity contribution in [2.75, 3.05) is 6.61 Å². The van der Waals surface area contributed by atoms with Crippen LogP contribution in [0.1, 0.15) is 43.4 Å². The number of rotatable bonds is 4. The highest BCUT2D eigenvalue weighted by atomic mass is 16.5. The third-order valence-corrected chi connectivity index (χ3v) is 3.28. The van der Waals surface area contributed by atoms with Gasteiger partial charge in [0.05, 0.1) is 12.7 Å². The van der Waals surface area contributed by atoms with Crippen LogP contribution in [0.15, 0.2) is 18.2 Å². The van der Waals surface area contributed by atoms with E-state index in [4.69, 9.17) is 15.6 Å². The molecule has 1 aliphatic rings. The van der Waals surface area contributed by atoms with E-state index in [1.807, 2.05) is 6.07 Å². The summed E-state index contributed by atoms with van der Waals surface area (Å²) in [6.07, 6.45) is 3.70. The van der Waals surface area contributed by atoms with E-state index in [9.17, 15) is 0 Å². The molecule has 1 aromatic carbocycles. The summed E-state index contributed by atoms with van der Waals surface area (Å²) >= 11 is 0. The van der Waals surface area contributed by atoms with E-state index in [1.165, 1.54) is 17.5 Å². The summed E-state index contributed by atoms with van der Waals surface area (Å²) in [7, 11) is 0. The number of benzene rings is 1. The second kappa shape index (κ2) is 5.52. The zero-order valence-electron chi connectivity index (χ0n) is 10.4. The average Bonchev–Trinajstić information content (AvgIpc) is 2.30. The molecular weight excluding hydrogens is 214 g/mol. The molecule has 0 radical (unpaired) electrons. The van der Waals surface area contributed by atoms with Gasteiger partial charge in [0.25, 0.3) is 0 Å². The lowest BCUT2D eigenvalue weighted by Gasteiger charge is -2.22. The third kappa shape index (κ3) is 3.20. The van der Waals surface area contributed by atoms with Crippen molar-refractivity contribution in [3.8, 4) is 5.75 Å². The molecule has 1 unspecified atom stereocenters. The minimum Gasteiger partial charge on any atom is -0.493 e. The van der Waals surface area contributed by atoms with Crippen LogP contribution in [0.2, 0.25) is 0 Å². The lowest BCUT2D eigenvalue weighted by Crippen LogP contribution is -2.17. The predicted molar refractivity (Wildman–Crippen MR) is 68.1 cm³/mol. The van der Waals surface area contributed by atoms with Gasteiger partial charge in [-0.2, -0.15) is 0 Å². The minimum absolute atomic E-state index is 0.152. The van der Waals surface area contributed by atoms with Gasteiger partial charge < -0.3 is 15.6 Å². The SMILES string of the molecule is CC(O)CCOc1ccc2c(c1)[C@@H](N)CCC2. The minimum atomic E-state index is -0.310. The van der Waals surface area contributed by atoms with Gasteiger partial charge in [-0.1, -0.05) is 6.07 Å². The summed E-state index contributed by atoms with van der Waals surface area (Å²) in [6.45, 7) is 2.32. The number of hydrogen-bond acceptors (Lipinski definition) is 3. The number of aryl methyl sites for hydroxylation is 1. The fraction of sp³-hybridized carbons (Fsp3) is 0.571. The first-order valence-corrected chi connectivity index (χ1v) is 6.36. The normalized spacial score (nSPS) is 20.8. The zero-order valence-corrected chi connectivity index (χ0v) is 10.4. The fourth-order valence-electron chi connectivity index (χ4n) is 2.25. The number of aliphatic hydroxyl groups excluding tert-OH is 1. The van der Waals surface area contributed by atoms with E-state index in [-0.39, 0.29) is 12.1 Å². The molecule has 2 atom stereocenters. The molecule has 0 aliphatic heterocycles. The van der Waals surface area contributed by atoms with E-state index in [1.54, 1.807) is 6.92 Å². The molecule has 2 rings (SSSR count). The first kappa shape index (κ1) is 12.4. The summed E-state index contributed by atoms with van der Waals surface area (Å²) in [4.78, 5) is 0. The number of ether oxygens (including phenoxy) is 1. The average molecular weight is 235 g/mol. The van der Waals surface area contributed by atoms with Gasteiger partial charge >= 0.3 is 0 Å². The van der Waals surface area contributed by atoms with E-state index in [2.05, 4.69) is 12.1 Å². The molecule has 1 aromatic rings. The van der Waals surface area contributed by atoms with Crippen LogP contribution in [-0.2, 0) is 6.42 Å². The standard InChI is InChI=1S/C14H21NO2/c1-10(16)7-8-17-12-6-5-11-3-2-4-14(15)13(11)9-12/h5-6,9-10,14,16H,2-4,7-8,15H2,1H3/t10?,14-/m0/s1. The Balaban J connectivity index is 2.02. The van der Waals surface area contributed by atoms with Crippen molar-refractivity contribution in [3.05, 3.63) is 29.3 Å². The first-order valence-electron chi connectivity index (χ1n) is 6.36. The predicted octanol–water partition coefficient (Wildman–Crippen LogP) is 2.17. The van der Waals surface area contributed by atoms with Crippen LogP contribution >= 0.6 is 0 Å². The number of aliphatic hydroxyl groups is 1. The molecule has 3 heteroatoms. The number of fused-ring (bicyclic) bond motifs is 1. The van der Waals surface area contributed by atoms with Gasteiger partial charge in [-0.3, -0.25) is 0 Å². The van der Waals surface area contributed by atoms with Crippen molar-refractivity contribution in [2.24, 2.45) is 5.73 Å². The van der Waals surface area contributed by atoms with Crippen LogP contribution in [0.25, 0.3) is 0 Å². The Bertz CT molecular complexity index is 376. The molecule has 0 bridgehead atoms. The molecule has 1 aliphatic carbocycles. The van der Waals surface area contributed by atoms with Gasteiger partial charge in [0, 0.05) is 12.5 Å². The maximum Gasteiger partial charge on any atom is 0.119 e. The Labute approximate surface area is 103 Å². The van der Waals surface area contributed by atoms with Gasteiger partial charge in [-0.05, 0) is 49.4 Å². The van der Waals surface area contributed by atoms with Crippen molar-refractivity contribution in [1.29, 1.82) is 0 Å². The van der Waals surface area contributed by atoms with Crippen molar-refractivity contribution < 1.29 is 9.84 Å². The molecule has 17 heavy (non-hydrogen) atoms. The first-order chi connectivity index (χ1) is 8.16. The van der Waals surface area contributed by atoms with E-state index >= 15 is 0 Å². The van der Waals surface area contributed by atoms with Crippen LogP contribution in [-0.4, -0.2) is 17.8 Å². The zero-order chi connectivity index (χ0) is 12.3. The quantitative estimate of drug-likeness (QED) is 0.841. The fourth-order valence-corrected chi connectivity index (χ4v) is 2.25. The molecule has 3 N–H and O–H groups in total. The summed E-state index contributed by atoms with van der Waals surface area (Å²) < 4.78 is 5.62. The van der Waals surface area contributed by atoms with Crippen LogP contribution in [0, 0.1) is 0 Å². The van der Waals surface area contributed by atoms with Gasteiger partial charge in [0.2, 0.25) is 0 Å². The Hall–Kier alpha value is -1.06. The Morgan fingerprint density at radius 2 is 2.35 bits per heavy atom. The van der Waals surface area contributed by atoms with E-state index in [0.29, 0.717) is 13.0 Å². The summed E-state index contributed by atoms with van der Waals surface area (Å²) in [6, 6.07) is 6.32. The topological polar surface area (TPSA) is 55.5 Å². The molecule has 0 saturated heterocycles. The highest BCUT2D eigenvalue weighted by Crippen LogP contribution is 2.30. The molecule has 0 spiro atoms. The Morgan fingerprint density at radius 3 is 3.12 bits per heavy atom. The highest BCUT2D eigenvalue weighted by molar-refractivity contribution is 5.39. The second-order valence-electron chi connectivity index (χ2n) is 4.85. The largest absolute Gasteiger partial charge is 0.493 e. The van der Waals surface area contributed by atoms with Gasteiger partial charge in [0.1, 0.15) is 5.75 Å². The van der Waals surface area contributed by atoms with Gasteiger partial charge in [-0.25, -0.2) is 0 Å². The summed E-state index contributed by atoms with van der Waals surface area (Å²) in [5.74, 6) is 0.863. The summed E-state index contributed by atoms with van der Waals surface area (Å²) in [5.41, 5.74) is 8.68. The lowest BCUT2D eigenvalue weighted by molar-refractivity contribution is 0.155. The monoisotopic (exact) mass is 235 g/mol. The molecule has 0 fully saturated rings. The van der Waals surface area contributed by atoms with Crippen LogP contribution in [0.3, 0.4) is 0 Å². The maximum atomic E-state index is 9.16. The maximum absolute atomic E-state index is 9.16. The Kier molecular flexibility index (Phi) is 4.02. The van der Waals surface area contributed by atoms with Gasteiger partial charge in [-0.15, -0.1) is 0 Å². The molecule has 94 valence electrons. The van der Waals surface area contributed by atoms with Crippen molar-refractivity contribution in [3.63, 3.8) is 0 Å². The van der Waals surface area contributed by atoms with Gasteiger partial charge in [0.15, 0.2) is 0 Å². The summed E-state index contributed by atoms with van der Waals surface area (Å²) in [5, 5.41) is 9.16. The smallest absolute Gasteiger partial charge is 0.119 e. The van der Waals surface area contributed by atoms with E-state index in [0.717, 1.165) is 18.6 Å². The van der Waals surface area contributed by atoms with Crippen molar-refractivity contribution in [2.45, 2.75) is 44.8 Å². The third-order valence-electron chi connectivity index (χ3n) is 3.28. The number of hydrogen-bond donors (Lipinski definition) is 2. The van der Waals surface area contributed by atoms with Crippen LogP contribution in [0.5, 0.6) is 5.75 Å². The van der Waals surface area contributed by atoms with Crippen molar-refractivity contribution >= 4 is 0 Å². The van der Waals surface area contributed by atoms with Crippen LogP contribution in [0.4, 0.5) is 0 Å². The molecule has 0 amide bonds. The molecule has 0 heterocycles. The molecule has 3 nitrogen and oxygen atoms in total. The number of nitrogens with two attached hydrogens (primary N) is 1. The molecule has 0 aromatic heterocycles. The van der Waals surface area contributed by atoms with Crippen LogP contribution < -0.4 is 10.5 Å².